The highest BCUT2D eigenvalue weighted by Crippen LogP contribution is 2.40. The second-order valence-corrected chi connectivity index (χ2v) is 9.39. The first-order chi connectivity index (χ1) is 19.1. The fraction of sp³-hybridized carbons (Fsp3) is 0.0625. The number of allylic oxidation sites excluding steroid dienone is 10. The van der Waals surface area contributed by atoms with Gasteiger partial charge in [-0.1, -0.05) is 71.9 Å². The molecule has 3 aliphatic rings. The molecule has 0 atom stereocenters. The smallest absolute Gasteiger partial charge is 0.351 e. The molecule has 6 N–H and O–H groups in total. The summed E-state index contributed by atoms with van der Waals surface area (Å²) in [6, 6.07) is 12.8. The first-order valence-corrected chi connectivity index (χ1v) is 12.2. The molecule has 0 saturated heterocycles. The minimum Gasteiger partial charge on any atom is -0.846 e. The number of rotatable bonds is 4. The zero-order chi connectivity index (χ0) is 28.6. The van der Waals surface area contributed by atoms with Crippen LogP contribution in [0.3, 0.4) is 0 Å². The van der Waals surface area contributed by atoms with Crippen LogP contribution in [0.5, 0.6) is 11.5 Å². The lowest BCUT2D eigenvalue weighted by Crippen LogP contribution is -2.57. The molecule has 0 amide bonds. The highest BCUT2D eigenvalue weighted by molar-refractivity contribution is 6.13. The Balaban J connectivity index is 1.37. The summed E-state index contributed by atoms with van der Waals surface area (Å²) in [4.78, 5) is 21.2. The van der Waals surface area contributed by atoms with Crippen molar-refractivity contribution in [2.24, 2.45) is 0 Å². The van der Waals surface area contributed by atoms with E-state index in [1.54, 1.807) is 48.6 Å². The van der Waals surface area contributed by atoms with E-state index in [2.05, 4.69) is 0 Å². The van der Waals surface area contributed by atoms with Gasteiger partial charge in [-0.2, -0.15) is 0 Å². The van der Waals surface area contributed by atoms with E-state index in [-0.39, 0.29) is 33.8 Å². The number of hydrogen-bond donors (Lipinski definition) is 4. The number of aliphatic hydroxyl groups excluding tert-OH is 2. The number of phenols is 2. The van der Waals surface area contributed by atoms with Gasteiger partial charge in [0, 0.05) is 0 Å². The van der Waals surface area contributed by atoms with Crippen molar-refractivity contribution < 1.29 is 40.2 Å². The Bertz CT molecular complexity index is 1520. The molecular formula is C32H24O8. The Hall–Kier alpha value is -5.18. The van der Waals surface area contributed by atoms with Gasteiger partial charge in [-0.25, -0.2) is 0 Å². The topological polar surface area (TPSA) is 170 Å². The molecule has 2 aromatic carbocycles. The number of phenolic OH excluding ortho intramolecular Hbond substituents is 2. The molecule has 40 heavy (non-hydrogen) atoms. The van der Waals surface area contributed by atoms with Gasteiger partial charge in [0.1, 0.15) is 34.2 Å². The molecule has 1 fully saturated rings. The van der Waals surface area contributed by atoms with Crippen molar-refractivity contribution in [2.75, 3.05) is 0 Å². The molecule has 3 aliphatic carbocycles. The number of ketones is 2. The summed E-state index contributed by atoms with van der Waals surface area (Å²) < 4.78 is 0. The SMILES string of the molecule is [O-]C1C(=C2C(=[OH+])C=C(/C=C/c3ccc(O)cc3)C=C2O)C([O-])C1=C1C(=[OH+])C=C(/C=C/c2ccc(O)cc2)C=C1O. The Morgan fingerprint density at radius 3 is 1.20 bits per heavy atom. The van der Waals surface area contributed by atoms with E-state index in [4.69, 9.17) is 0 Å². The quantitative estimate of drug-likeness (QED) is 0.346. The molecule has 5 rings (SSSR count). The van der Waals surface area contributed by atoms with E-state index >= 15 is 0 Å². The molecule has 0 radical (unpaired) electrons. The normalized spacial score (nSPS) is 21.4. The largest absolute Gasteiger partial charge is 0.846 e. The van der Waals surface area contributed by atoms with Gasteiger partial charge in [-0.3, -0.25) is 9.59 Å². The van der Waals surface area contributed by atoms with Crippen LogP contribution in [0.25, 0.3) is 12.2 Å². The number of hydrogen-bond acceptors (Lipinski definition) is 6. The monoisotopic (exact) mass is 536 g/mol. The van der Waals surface area contributed by atoms with Crippen LogP contribution in [-0.2, 0) is 0 Å². The number of benzene rings is 2. The lowest BCUT2D eigenvalue weighted by Gasteiger charge is -2.53. The second kappa shape index (κ2) is 10.5. The van der Waals surface area contributed by atoms with Gasteiger partial charge in [0.25, 0.3) is 0 Å². The first-order valence-electron chi connectivity index (χ1n) is 12.2. The molecule has 8 heteroatoms. The molecular weight excluding hydrogens is 512 g/mol. The van der Waals surface area contributed by atoms with E-state index in [0.717, 1.165) is 11.1 Å². The minimum absolute atomic E-state index is 0.116. The third kappa shape index (κ3) is 5.09. The lowest BCUT2D eigenvalue weighted by molar-refractivity contribution is -0.464. The molecule has 0 heterocycles. The van der Waals surface area contributed by atoms with Gasteiger partial charge < -0.3 is 30.6 Å². The minimum atomic E-state index is -1.80. The summed E-state index contributed by atoms with van der Waals surface area (Å²) >= 11 is 0. The van der Waals surface area contributed by atoms with Gasteiger partial charge >= 0.3 is 11.6 Å². The molecule has 200 valence electrons. The van der Waals surface area contributed by atoms with E-state index in [1.165, 1.54) is 48.6 Å². The Morgan fingerprint density at radius 1 is 0.525 bits per heavy atom. The third-order valence-electron chi connectivity index (χ3n) is 6.67. The van der Waals surface area contributed by atoms with Crippen LogP contribution in [-0.4, -0.2) is 53.8 Å². The fourth-order valence-electron chi connectivity index (χ4n) is 4.64. The van der Waals surface area contributed by atoms with Crippen molar-refractivity contribution in [2.45, 2.75) is 12.2 Å². The van der Waals surface area contributed by atoms with Crippen molar-refractivity contribution in [3.63, 3.8) is 0 Å². The molecule has 8 nitrogen and oxygen atoms in total. The van der Waals surface area contributed by atoms with E-state index < -0.39 is 35.3 Å². The average molecular weight is 537 g/mol. The average Bonchev–Trinajstić information content (AvgIpc) is 2.92. The van der Waals surface area contributed by atoms with E-state index in [1.807, 2.05) is 0 Å². The highest BCUT2D eigenvalue weighted by Gasteiger charge is 2.40. The molecule has 0 aromatic heterocycles. The van der Waals surface area contributed by atoms with Crippen molar-refractivity contribution in [1.82, 2.24) is 0 Å². The summed E-state index contributed by atoms with van der Waals surface area (Å²) in [7, 11) is 0. The van der Waals surface area contributed by atoms with Gasteiger partial charge in [-0.15, -0.1) is 0 Å². The molecule has 0 spiro atoms. The van der Waals surface area contributed by atoms with Crippen molar-refractivity contribution in [1.29, 1.82) is 0 Å². The van der Waals surface area contributed by atoms with Crippen LogP contribution in [0.4, 0.5) is 0 Å². The molecule has 0 aliphatic heterocycles. The Morgan fingerprint density at radius 2 is 0.875 bits per heavy atom. The van der Waals surface area contributed by atoms with E-state index in [0.29, 0.717) is 11.1 Å². The Labute approximate surface area is 228 Å². The van der Waals surface area contributed by atoms with Crippen LogP contribution in [0.15, 0.2) is 130 Å². The summed E-state index contributed by atoms with van der Waals surface area (Å²) in [5, 5.41) is 66.2. The van der Waals surface area contributed by atoms with Crippen molar-refractivity contribution in [3.8, 4) is 11.5 Å². The van der Waals surface area contributed by atoms with Gasteiger partial charge in [0.15, 0.2) is 0 Å². The third-order valence-corrected chi connectivity index (χ3v) is 6.67. The maximum atomic E-state index is 13.1. The van der Waals surface area contributed by atoms with Crippen LogP contribution in [0, 0.1) is 0 Å². The standard InChI is InChI=1S/C32H22O8/c33-21-9-5-17(6-10-21)1-3-19-13-23(35)27(24(36)14-19)29-31(39)30(32(29)40)28-25(37)15-20(16-26(28)38)4-2-18-7-11-22(34)12-8-18/h1-16,31-35,37H/q-2/p+2/b3-1+,4-2+,29-27?,30-28?. The summed E-state index contributed by atoms with van der Waals surface area (Å²) in [6.45, 7) is 0. The van der Waals surface area contributed by atoms with Crippen LogP contribution in [0.2, 0.25) is 0 Å². The van der Waals surface area contributed by atoms with Gasteiger partial charge in [0.2, 0.25) is 0 Å². The number of carbonyl (C=O) groups excluding carboxylic acids is 2. The van der Waals surface area contributed by atoms with Crippen molar-refractivity contribution >= 4 is 23.7 Å². The summed E-state index contributed by atoms with van der Waals surface area (Å²) in [6.07, 6.45) is 8.23. The van der Waals surface area contributed by atoms with Gasteiger partial charge in [-0.05, 0) is 58.7 Å². The fourth-order valence-corrected chi connectivity index (χ4v) is 4.64. The molecule has 0 unspecified atom stereocenters. The summed E-state index contributed by atoms with van der Waals surface area (Å²) in [5.74, 6) is -1.59. The predicted octanol–water partition coefficient (Wildman–Crippen LogP) is 2.74. The Kier molecular flexibility index (Phi) is 6.96. The summed E-state index contributed by atoms with van der Waals surface area (Å²) in [5.41, 5.74) is 1.21. The molecule has 0 bridgehead atoms. The predicted molar refractivity (Wildman–Crippen MR) is 147 cm³/mol. The maximum absolute atomic E-state index is 13.1. The molecule has 1 saturated carbocycles. The maximum Gasteiger partial charge on any atom is 0.351 e. The lowest BCUT2D eigenvalue weighted by atomic mass is 9.71. The number of aromatic hydroxyl groups is 2. The first kappa shape index (κ1) is 26.4. The highest BCUT2D eigenvalue weighted by atomic mass is 16.3. The van der Waals surface area contributed by atoms with Gasteiger partial charge in [0.05, 0.1) is 12.2 Å². The number of aliphatic hydroxyl groups is 2. The zero-order valence-electron chi connectivity index (χ0n) is 20.9. The zero-order valence-corrected chi connectivity index (χ0v) is 20.9. The van der Waals surface area contributed by atoms with E-state index in [9.17, 15) is 40.2 Å². The van der Waals surface area contributed by atoms with Crippen LogP contribution < -0.4 is 10.2 Å². The van der Waals surface area contributed by atoms with Crippen LogP contribution >= 0.6 is 0 Å². The van der Waals surface area contributed by atoms with Crippen molar-refractivity contribution in [3.05, 3.63) is 141 Å². The second-order valence-electron chi connectivity index (χ2n) is 9.39. The van der Waals surface area contributed by atoms with Crippen LogP contribution in [0.1, 0.15) is 11.1 Å². The molecule has 2 aromatic rings.